The van der Waals surface area contributed by atoms with Crippen LogP contribution in [0.25, 0.3) is 10.9 Å². The zero-order valence-corrected chi connectivity index (χ0v) is 24.7. The number of hydrogen-bond donors (Lipinski definition) is 3. The quantitative estimate of drug-likeness (QED) is 0.257. The van der Waals surface area contributed by atoms with Gasteiger partial charge >= 0.3 is 0 Å². The van der Waals surface area contributed by atoms with Gasteiger partial charge in [0.15, 0.2) is 0 Å². The van der Waals surface area contributed by atoms with Crippen LogP contribution in [0, 0.1) is 0 Å². The summed E-state index contributed by atoms with van der Waals surface area (Å²) in [5.74, 6) is -0.574. The SMILES string of the molecule is COc1ccc(N(C)C(=O)[C@H](Cc2ccccc2)NC(=O)CN2CCN(C(=O)Cc3c[nH]c4ccc(O)cc34)CC2=O)cc1. The van der Waals surface area contributed by atoms with Crippen LogP contribution in [-0.4, -0.2) is 89.9 Å². The third-order valence-electron chi connectivity index (χ3n) is 7.80. The number of methoxy groups -OCH3 is 1. The second-order valence-corrected chi connectivity index (χ2v) is 10.8. The van der Waals surface area contributed by atoms with Gasteiger partial charge in [-0.05, 0) is 53.6 Å². The van der Waals surface area contributed by atoms with Gasteiger partial charge in [-0.25, -0.2) is 0 Å². The van der Waals surface area contributed by atoms with Gasteiger partial charge in [-0.1, -0.05) is 30.3 Å². The molecule has 0 saturated carbocycles. The molecule has 0 unspecified atom stereocenters. The van der Waals surface area contributed by atoms with Crippen molar-refractivity contribution in [1.29, 1.82) is 0 Å². The van der Waals surface area contributed by atoms with E-state index in [1.165, 1.54) is 14.7 Å². The maximum atomic E-state index is 13.6. The summed E-state index contributed by atoms with van der Waals surface area (Å²) in [6.45, 7) is 0.0907. The van der Waals surface area contributed by atoms with Crippen molar-refractivity contribution >= 4 is 40.2 Å². The van der Waals surface area contributed by atoms with Crippen molar-refractivity contribution in [2.24, 2.45) is 0 Å². The van der Waals surface area contributed by atoms with Gasteiger partial charge in [0, 0.05) is 49.3 Å². The number of rotatable bonds is 10. The number of aromatic amines is 1. The van der Waals surface area contributed by atoms with Crippen LogP contribution in [0.2, 0.25) is 0 Å². The summed E-state index contributed by atoms with van der Waals surface area (Å²) >= 11 is 0. The number of phenolic OH excluding ortho intramolecular Hbond substituents is 1. The van der Waals surface area contributed by atoms with Crippen molar-refractivity contribution in [2.45, 2.75) is 18.9 Å². The number of amides is 4. The highest BCUT2D eigenvalue weighted by Crippen LogP contribution is 2.24. The van der Waals surface area contributed by atoms with Gasteiger partial charge in [0.25, 0.3) is 0 Å². The number of likely N-dealkylation sites (N-methyl/N-ethyl adjacent to an activating group) is 1. The summed E-state index contributed by atoms with van der Waals surface area (Å²) in [5, 5.41) is 13.4. The van der Waals surface area contributed by atoms with Crippen LogP contribution in [0.4, 0.5) is 5.69 Å². The fourth-order valence-corrected chi connectivity index (χ4v) is 5.31. The first-order chi connectivity index (χ1) is 21.2. The van der Waals surface area contributed by atoms with Gasteiger partial charge in [0.05, 0.1) is 26.6 Å². The topological polar surface area (TPSA) is 135 Å². The van der Waals surface area contributed by atoms with Crippen LogP contribution in [0.15, 0.2) is 79.0 Å². The normalized spacial score (nSPS) is 13.9. The highest BCUT2D eigenvalue weighted by atomic mass is 16.5. The van der Waals surface area contributed by atoms with Crippen molar-refractivity contribution in [3.8, 4) is 11.5 Å². The first kappa shape index (κ1) is 30.1. The molecule has 1 fully saturated rings. The molecule has 228 valence electrons. The number of piperazine rings is 1. The number of nitrogens with zero attached hydrogens (tertiary/aromatic N) is 3. The smallest absolute Gasteiger partial charge is 0.249 e. The lowest BCUT2D eigenvalue weighted by Gasteiger charge is -2.34. The van der Waals surface area contributed by atoms with Crippen molar-refractivity contribution in [1.82, 2.24) is 20.1 Å². The summed E-state index contributed by atoms with van der Waals surface area (Å²) in [6.07, 6.45) is 2.07. The van der Waals surface area contributed by atoms with Crippen molar-refractivity contribution in [3.63, 3.8) is 0 Å². The third-order valence-corrected chi connectivity index (χ3v) is 7.80. The Labute approximate surface area is 255 Å². The standard InChI is InChI=1S/C33H35N5O6/c1-36(24-8-11-26(44-2)12-9-24)33(43)29(16-22-6-4-3-5-7-22)35-30(40)20-37-14-15-38(21-32(37)42)31(41)17-23-19-34-28-13-10-25(39)18-27(23)28/h3-13,18-19,29,34,39H,14-17,20-21H2,1-2H3,(H,35,40)/t29-/m0/s1. The molecule has 1 aliphatic heterocycles. The number of aromatic hydroxyl groups is 1. The van der Waals surface area contributed by atoms with E-state index in [1.54, 1.807) is 62.8 Å². The van der Waals surface area contributed by atoms with Gasteiger partial charge in [-0.3, -0.25) is 19.2 Å². The largest absolute Gasteiger partial charge is 0.508 e. The average molecular weight is 598 g/mol. The lowest BCUT2D eigenvalue weighted by Crippen LogP contribution is -2.56. The molecule has 4 aromatic rings. The molecular formula is C33H35N5O6. The van der Waals surface area contributed by atoms with Crippen LogP contribution < -0.4 is 15.0 Å². The van der Waals surface area contributed by atoms with Gasteiger partial charge in [-0.15, -0.1) is 0 Å². The number of benzene rings is 3. The van der Waals surface area contributed by atoms with Crippen LogP contribution in [0.3, 0.4) is 0 Å². The molecule has 3 N–H and O–H groups in total. The van der Waals surface area contributed by atoms with Crippen LogP contribution in [-0.2, 0) is 32.0 Å². The predicted molar refractivity (Wildman–Crippen MR) is 165 cm³/mol. The van der Waals surface area contributed by atoms with E-state index in [-0.39, 0.29) is 62.5 Å². The maximum Gasteiger partial charge on any atom is 0.249 e. The van der Waals surface area contributed by atoms with Gasteiger partial charge in [0.1, 0.15) is 17.5 Å². The molecule has 3 aromatic carbocycles. The first-order valence-corrected chi connectivity index (χ1v) is 14.3. The number of phenols is 1. The monoisotopic (exact) mass is 597 g/mol. The Morgan fingerprint density at radius 3 is 2.50 bits per heavy atom. The molecule has 0 bridgehead atoms. The van der Waals surface area contributed by atoms with E-state index in [1.807, 2.05) is 30.3 Å². The molecule has 4 amide bonds. The van der Waals surface area contributed by atoms with E-state index in [9.17, 15) is 24.3 Å². The second-order valence-electron chi connectivity index (χ2n) is 10.8. The van der Waals surface area contributed by atoms with Crippen LogP contribution in [0.1, 0.15) is 11.1 Å². The Morgan fingerprint density at radius 1 is 1.05 bits per heavy atom. The van der Waals surface area contributed by atoms with Crippen LogP contribution in [0.5, 0.6) is 11.5 Å². The number of nitrogens with one attached hydrogen (secondary N) is 2. The number of anilines is 1. The lowest BCUT2D eigenvalue weighted by molar-refractivity contribution is -0.146. The second kappa shape index (κ2) is 13.3. The fourth-order valence-electron chi connectivity index (χ4n) is 5.31. The summed E-state index contributed by atoms with van der Waals surface area (Å²) in [7, 11) is 3.21. The summed E-state index contributed by atoms with van der Waals surface area (Å²) in [6, 6.07) is 20.5. The molecule has 1 atom stereocenters. The third kappa shape index (κ3) is 7.00. The number of carbonyl (C=O) groups excluding carboxylic acids is 4. The molecule has 1 saturated heterocycles. The Kier molecular flexibility index (Phi) is 9.13. The summed E-state index contributed by atoms with van der Waals surface area (Å²) < 4.78 is 5.21. The zero-order chi connectivity index (χ0) is 31.2. The number of carbonyl (C=O) groups is 4. The zero-order valence-electron chi connectivity index (χ0n) is 24.7. The Morgan fingerprint density at radius 2 is 1.80 bits per heavy atom. The van der Waals surface area contributed by atoms with E-state index in [2.05, 4.69) is 10.3 Å². The van der Waals surface area contributed by atoms with E-state index >= 15 is 0 Å². The molecule has 2 heterocycles. The number of H-pyrrole nitrogens is 1. The van der Waals surface area contributed by atoms with E-state index in [4.69, 9.17) is 4.74 Å². The van der Waals surface area contributed by atoms with E-state index in [0.717, 1.165) is 22.0 Å². The lowest BCUT2D eigenvalue weighted by atomic mass is 10.0. The minimum absolute atomic E-state index is 0.0716. The van der Waals surface area contributed by atoms with Crippen molar-refractivity contribution in [3.05, 3.63) is 90.1 Å². The summed E-state index contributed by atoms with van der Waals surface area (Å²) in [4.78, 5) is 60.2. The van der Waals surface area contributed by atoms with Crippen LogP contribution >= 0.6 is 0 Å². The number of hydrogen-bond acceptors (Lipinski definition) is 6. The highest BCUT2D eigenvalue weighted by Gasteiger charge is 2.31. The van der Waals surface area contributed by atoms with Gasteiger partial charge in [-0.2, -0.15) is 0 Å². The molecule has 44 heavy (non-hydrogen) atoms. The van der Waals surface area contributed by atoms with E-state index in [0.29, 0.717) is 11.4 Å². The molecule has 0 radical (unpaired) electrons. The molecule has 1 aromatic heterocycles. The number of aromatic nitrogens is 1. The maximum absolute atomic E-state index is 13.6. The summed E-state index contributed by atoms with van der Waals surface area (Å²) in [5.41, 5.74) is 3.05. The molecule has 5 rings (SSSR count). The molecule has 0 spiro atoms. The Hall–Kier alpha value is -5.32. The fraction of sp³-hybridized carbons (Fsp3) is 0.273. The minimum atomic E-state index is -0.870. The Balaban J connectivity index is 1.20. The molecule has 0 aliphatic carbocycles. The average Bonchev–Trinajstić information content (AvgIpc) is 3.42. The number of fused-ring (bicyclic) bond motifs is 1. The molecule has 11 heteroatoms. The minimum Gasteiger partial charge on any atom is -0.508 e. The first-order valence-electron chi connectivity index (χ1n) is 14.3. The predicted octanol–water partition coefficient (Wildman–Crippen LogP) is 2.49. The molecular weight excluding hydrogens is 562 g/mol. The van der Waals surface area contributed by atoms with Crippen molar-refractivity contribution in [2.75, 3.05) is 45.2 Å². The van der Waals surface area contributed by atoms with Gasteiger partial charge in [0.2, 0.25) is 23.6 Å². The number of ether oxygens (including phenoxy) is 1. The van der Waals surface area contributed by atoms with E-state index < -0.39 is 11.9 Å². The molecule has 1 aliphatic rings. The molecule has 11 nitrogen and oxygen atoms in total. The van der Waals surface area contributed by atoms with Crippen molar-refractivity contribution < 1.29 is 29.0 Å². The highest BCUT2D eigenvalue weighted by molar-refractivity contribution is 5.99. The Bertz CT molecular complexity index is 1650. The van der Waals surface area contributed by atoms with Gasteiger partial charge < -0.3 is 34.8 Å².